The number of methoxy groups -OCH3 is 1. The molecule has 0 spiro atoms. The van der Waals surface area contributed by atoms with E-state index in [1.807, 2.05) is 26.8 Å². The van der Waals surface area contributed by atoms with Crippen molar-refractivity contribution in [1.82, 2.24) is 4.90 Å². The van der Waals surface area contributed by atoms with E-state index in [4.69, 9.17) is 25.8 Å². The average Bonchev–Trinajstić information content (AvgIpc) is 2.74. The molecule has 0 bridgehead atoms. The summed E-state index contributed by atoms with van der Waals surface area (Å²) in [4.78, 5) is 27.5. The molecule has 0 saturated carbocycles. The van der Waals surface area contributed by atoms with Gasteiger partial charge in [-0.25, -0.2) is 4.79 Å². The summed E-state index contributed by atoms with van der Waals surface area (Å²) in [7, 11) is 1.46. The Bertz CT molecular complexity index is 837. The smallest absolute Gasteiger partial charge is 0.339 e. The molecule has 0 heterocycles. The highest BCUT2D eigenvalue weighted by molar-refractivity contribution is 6.32. The van der Waals surface area contributed by atoms with Crippen molar-refractivity contribution in [1.29, 1.82) is 0 Å². The third-order valence-electron chi connectivity index (χ3n) is 4.38. The van der Waals surface area contributed by atoms with Crippen LogP contribution in [0.1, 0.15) is 42.8 Å². The van der Waals surface area contributed by atoms with E-state index in [9.17, 15) is 9.59 Å². The maximum absolute atomic E-state index is 13.0. The molecule has 2 aromatic rings. The lowest BCUT2D eigenvalue weighted by atomic mass is 10.1. The van der Waals surface area contributed by atoms with Gasteiger partial charge in [-0.15, -0.1) is 0 Å². The molecule has 1 atom stereocenters. The van der Waals surface area contributed by atoms with Gasteiger partial charge in [-0.3, -0.25) is 4.79 Å². The fraction of sp³-hybridized carbons (Fsp3) is 0.364. The van der Waals surface area contributed by atoms with Gasteiger partial charge in [-0.1, -0.05) is 41.9 Å². The van der Waals surface area contributed by atoms with Crippen LogP contribution in [-0.2, 0) is 9.53 Å². The Morgan fingerprint density at radius 3 is 2.28 bits per heavy atom. The number of amides is 1. The minimum Gasteiger partial charge on any atom is -0.493 e. The second-order valence-corrected chi connectivity index (χ2v) is 6.54. The molecule has 0 aliphatic rings. The number of hydrogen-bond acceptors (Lipinski definition) is 5. The van der Waals surface area contributed by atoms with Crippen LogP contribution in [0.2, 0.25) is 5.02 Å². The minimum atomic E-state index is -1.06. The molecule has 0 aliphatic heterocycles. The molecular weight excluding hydrogens is 394 g/mol. The van der Waals surface area contributed by atoms with Gasteiger partial charge >= 0.3 is 5.97 Å². The number of nitrogens with zero attached hydrogens (tertiary/aromatic N) is 1. The van der Waals surface area contributed by atoms with Crippen LogP contribution in [-0.4, -0.2) is 43.6 Å². The number of likely N-dealkylation sites (N-methyl/N-ethyl adjacent to an activating group) is 1. The van der Waals surface area contributed by atoms with Gasteiger partial charge in [0.1, 0.15) is 0 Å². The van der Waals surface area contributed by atoms with E-state index >= 15 is 0 Å². The first-order chi connectivity index (χ1) is 14.0. The molecule has 156 valence electrons. The van der Waals surface area contributed by atoms with E-state index < -0.39 is 12.1 Å². The molecule has 6 nitrogen and oxygen atoms in total. The lowest BCUT2D eigenvalue weighted by Gasteiger charge is -2.25. The molecule has 0 radical (unpaired) electrons. The van der Waals surface area contributed by atoms with Crippen molar-refractivity contribution in [3.8, 4) is 11.5 Å². The van der Waals surface area contributed by atoms with E-state index in [2.05, 4.69) is 0 Å². The first kappa shape index (κ1) is 22.6. The molecule has 2 aromatic carbocycles. The largest absolute Gasteiger partial charge is 0.493 e. The zero-order valence-electron chi connectivity index (χ0n) is 17.1. The summed E-state index contributed by atoms with van der Waals surface area (Å²) in [6.45, 7) is 7.00. The number of benzene rings is 2. The Morgan fingerprint density at radius 1 is 1.07 bits per heavy atom. The Kier molecular flexibility index (Phi) is 8.34. The molecule has 0 fully saturated rings. The molecule has 0 aliphatic carbocycles. The van der Waals surface area contributed by atoms with E-state index in [-0.39, 0.29) is 16.5 Å². The highest BCUT2D eigenvalue weighted by atomic mass is 35.5. The van der Waals surface area contributed by atoms with Gasteiger partial charge in [0.05, 0.1) is 24.3 Å². The standard InChI is InChI=1S/C22H26ClNO5/c1-5-24(6-2)21(25)19(15-11-9-8-10-12-15)29-22(26)16-13-17(23)20(28-7-3)18(14-16)27-4/h8-14,19H,5-7H2,1-4H3/t19-/m0/s1. The van der Waals surface area contributed by atoms with Crippen molar-refractivity contribution in [3.63, 3.8) is 0 Å². The number of rotatable bonds is 9. The SMILES string of the molecule is CCOc1c(Cl)cc(C(=O)O[C@H](C(=O)N(CC)CC)c2ccccc2)cc1OC. The van der Waals surface area contributed by atoms with Crippen LogP contribution in [0.15, 0.2) is 42.5 Å². The molecule has 0 unspecified atom stereocenters. The monoisotopic (exact) mass is 419 g/mol. The third kappa shape index (κ3) is 5.41. The zero-order valence-corrected chi connectivity index (χ0v) is 17.9. The second-order valence-electron chi connectivity index (χ2n) is 6.13. The fourth-order valence-electron chi connectivity index (χ4n) is 2.89. The van der Waals surface area contributed by atoms with Crippen LogP contribution in [0.25, 0.3) is 0 Å². The van der Waals surface area contributed by atoms with Crippen molar-refractivity contribution in [2.45, 2.75) is 26.9 Å². The molecule has 1 amide bonds. The van der Waals surface area contributed by atoms with Crippen molar-refractivity contribution in [2.24, 2.45) is 0 Å². The fourth-order valence-corrected chi connectivity index (χ4v) is 3.15. The van der Waals surface area contributed by atoms with Gasteiger partial charge in [-0.2, -0.15) is 0 Å². The van der Waals surface area contributed by atoms with E-state index in [0.29, 0.717) is 36.8 Å². The molecule has 0 saturated heterocycles. The number of carbonyl (C=O) groups excluding carboxylic acids is 2. The topological polar surface area (TPSA) is 65.1 Å². The lowest BCUT2D eigenvalue weighted by Crippen LogP contribution is -2.36. The molecule has 0 aromatic heterocycles. The van der Waals surface area contributed by atoms with E-state index in [1.165, 1.54) is 19.2 Å². The van der Waals surface area contributed by atoms with Crippen LogP contribution in [0.4, 0.5) is 0 Å². The summed E-state index contributed by atoms with van der Waals surface area (Å²) in [6, 6.07) is 11.9. The Hall–Kier alpha value is -2.73. The molecule has 7 heteroatoms. The maximum Gasteiger partial charge on any atom is 0.339 e. The van der Waals surface area contributed by atoms with Gasteiger partial charge < -0.3 is 19.1 Å². The Morgan fingerprint density at radius 2 is 1.72 bits per heavy atom. The molecule has 2 rings (SSSR count). The lowest BCUT2D eigenvalue weighted by molar-refractivity contribution is -0.140. The second kappa shape index (κ2) is 10.7. The molecular formula is C22H26ClNO5. The van der Waals surface area contributed by atoms with E-state index in [1.54, 1.807) is 29.2 Å². The van der Waals surface area contributed by atoms with Crippen LogP contribution < -0.4 is 9.47 Å². The first-order valence-electron chi connectivity index (χ1n) is 9.51. The van der Waals surface area contributed by atoms with Crippen molar-refractivity contribution in [2.75, 3.05) is 26.8 Å². The summed E-state index contributed by atoms with van der Waals surface area (Å²) < 4.78 is 16.4. The van der Waals surface area contributed by atoms with Crippen LogP contribution in [0, 0.1) is 0 Å². The first-order valence-corrected chi connectivity index (χ1v) is 9.89. The quantitative estimate of drug-likeness (QED) is 0.559. The normalized spacial score (nSPS) is 11.5. The summed E-state index contributed by atoms with van der Waals surface area (Å²) >= 11 is 6.26. The van der Waals surface area contributed by atoms with Gasteiger partial charge in [0.25, 0.3) is 5.91 Å². The average molecular weight is 420 g/mol. The highest BCUT2D eigenvalue weighted by Crippen LogP contribution is 2.37. The summed E-state index contributed by atoms with van der Waals surface area (Å²) in [6.07, 6.45) is -1.06. The predicted octanol–water partition coefficient (Wildman–Crippen LogP) is 4.51. The van der Waals surface area contributed by atoms with Crippen molar-refractivity contribution < 1.29 is 23.8 Å². The number of carbonyl (C=O) groups is 2. The number of esters is 1. The van der Waals surface area contributed by atoms with Crippen molar-refractivity contribution in [3.05, 3.63) is 58.6 Å². The number of halogens is 1. The highest BCUT2D eigenvalue weighted by Gasteiger charge is 2.29. The molecule has 29 heavy (non-hydrogen) atoms. The van der Waals surface area contributed by atoms with Crippen molar-refractivity contribution >= 4 is 23.5 Å². The predicted molar refractivity (Wildman–Crippen MR) is 112 cm³/mol. The number of ether oxygens (including phenoxy) is 3. The Balaban J connectivity index is 2.37. The summed E-state index contributed by atoms with van der Waals surface area (Å²) in [5, 5.41) is 0.226. The van der Waals surface area contributed by atoms with Crippen LogP contribution in [0.3, 0.4) is 0 Å². The van der Waals surface area contributed by atoms with Crippen LogP contribution >= 0.6 is 11.6 Å². The minimum absolute atomic E-state index is 0.170. The van der Waals surface area contributed by atoms with Crippen LogP contribution in [0.5, 0.6) is 11.5 Å². The Labute approximate surface area is 176 Å². The maximum atomic E-state index is 13.0. The third-order valence-corrected chi connectivity index (χ3v) is 4.66. The zero-order chi connectivity index (χ0) is 21.4. The van der Waals surface area contributed by atoms with Gasteiger partial charge in [0.15, 0.2) is 11.5 Å². The summed E-state index contributed by atoms with van der Waals surface area (Å²) in [5.41, 5.74) is 0.769. The van der Waals surface area contributed by atoms with Gasteiger partial charge in [0, 0.05) is 18.7 Å². The number of hydrogen-bond donors (Lipinski definition) is 0. The van der Waals surface area contributed by atoms with Gasteiger partial charge in [-0.05, 0) is 32.9 Å². The van der Waals surface area contributed by atoms with Gasteiger partial charge in [0.2, 0.25) is 6.10 Å². The van der Waals surface area contributed by atoms with E-state index in [0.717, 1.165) is 0 Å². The summed E-state index contributed by atoms with van der Waals surface area (Å²) in [5.74, 6) is -0.286. The molecule has 0 N–H and O–H groups in total.